The molecule has 0 aromatic heterocycles. The first kappa shape index (κ1) is 17.7. The third-order valence-electron chi connectivity index (χ3n) is 4.17. The van der Waals surface area contributed by atoms with Crippen molar-refractivity contribution < 1.29 is 17.9 Å². The van der Waals surface area contributed by atoms with Crippen LogP contribution in [0.3, 0.4) is 0 Å². The highest BCUT2D eigenvalue weighted by Crippen LogP contribution is 2.20. The normalized spacial score (nSPS) is 19.6. The molecule has 128 valence electrons. The molecule has 1 atom stereocenters. The van der Waals surface area contributed by atoms with E-state index in [2.05, 4.69) is 16.7 Å². The van der Waals surface area contributed by atoms with Gasteiger partial charge in [0.25, 0.3) is 0 Å². The highest BCUT2D eigenvalue weighted by Gasteiger charge is 2.24. The van der Waals surface area contributed by atoms with Crippen LogP contribution in [0.5, 0.6) is 0 Å². The van der Waals surface area contributed by atoms with Gasteiger partial charge in [-0.1, -0.05) is 0 Å². The van der Waals surface area contributed by atoms with E-state index < -0.39 is 9.84 Å². The van der Waals surface area contributed by atoms with E-state index in [9.17, 15) is 13.2 Å². The van der Waals surface area contributed by atoms with E-state index in [4.69, 9.17) is 4.74 Å². The second-order valence-electron chi connectivity index (χ2n) is 6.00. The number of sulfone groups is 1. The van der Waals surface area contributed by atoms with Crippen molar-refractivity contribution in [3.63, 3.8) is 0 Å². The van der Waals surface area contributed by atoms with Crippen molar-refractivity contribution in [2.24, 2.45) is 0 Å². The molecule has 0 saturated carbocycles. The summed E-state index contributed by atoms with van der Waals surface area (Å²) >= 11 is 0. The molecule has 1 fully saturated rings. The van der Waals surface area contributed by atoms with E-state index in [1.54, 1.807) is 12.1 Å². The molecule has 1 heterocycles. The zero-order valence-electron chi connectivity index (χ0n) is 13.9. The zero-order valence-corrected chi connectivity index (χ0v) is 14.7. The molecule has 2 rings (SSSR count). The highest BCUT2D eigenvalue weighted by atomic mass is 32.2. The lowest BCUT2D eigenvalue weighted by molar-refractivity contribution is 0.0600. The Labute approximate surface area is 137 Å². The summed E-state index contributed by atoms with van der Waals surface area (Å²) in [5.74, 6) is -0.138. The maximum Gasteiger partial charge on any atom is 0.337 e. The molecule has 1 saturated heterocycles. The number of esters is 1. The Hall–Kier alpha value is -1.60. The predicted molar refractivity (Wildman–Crippen MR) is 90.7 cm³/mol. The zero-order chi connectivity index (χ0) is 17.0. The number of methoxy groups -OCH3 is 1. The summed E-state index contributed by atoms with van der Waals surface area (Å²) in [5, 5.41) is 0. The van der Waals surface area contributed by atoms with Gasteiger partial charge >= 0.3 is 5.97 Å². The molecule has 1 aromatic rings. The first-order valence-electron chi connectivity index (χ1n) is 7.65. The van der Waals surface area contributed by atoms with Crippen LogP contribution in [0.15, 0.2) is 24.3 Å². The SMILES string of the molecule is COC(=O)c1ccc(N2CCN(CCS(C)(=O)=O)[C@H](C)C2)cc1. The number of carbonyl (C=O) groups is 1. The van der Waals surface area contributed by atoms with E-state index in [1.165, 1.54) is 13.4 Å². The van der Waals surface area contributed by atoms with Gasteiger partial charge in [-0.2, -0.15) is 0 Å². The van der Waals surface area contributed by atoms with Gasteiger partial charge in [0.1, 0.15) is 9.84 Å². The Bertz CT molecular complexity index is 643. The first-order valence-corrected chi connectivity index (χ1v) is 9.71. The third kappa shape index (κ3) is 4.94. The Balaban J connectivity index is 1.95. The summed E-state index contributed by atoms with van der Waals surface area (Å²) in [5.41, 5.74) is 1.60. The molecular weight excluding hydrogens is 316 g/mol. The average Bonchev–Trinajstić information content (AvgIpc) is 2.52. The van der Waals surface area contributed by atoms with Crippen molar-refractivity contribution in [1.29, 1.82) is 0 Å². The van der Waals surface area contributed by atoms with Gasteiger partial charge in [0.05, 0.1) is 18.4 Å². The smallest absolute Gasteiger partial charge is 0.337 e. The number of nitrogens with zero attached hydrogens (tertiary/aromatic N) is 2. The Morgan fingerprint density at radius 3 is 2.43 bits per heavy atom. The van der Waals surface area contributed by atoms with Gasteiger partial charge in [-0.25, -0.2) is 13.2 Å². The molecule has 0 N–H and O–H groups in total. The van der Waals surface area contributed by atoms with Crippen molar-refractivity contribution >= 4 is 21.5 Å². The number of rotatable bonds is 5. The van der Waals surface area contributed by atoms with Gasteiger partial charge in [0, 0.05) is 44.2 Å². The highest BCUT2D eigenvalue weighted by molar-refractivity contribution is 7.90. The van der Waals surface area contributed by atoms with Crippen LogP contribution in [0.1, 0.15) is 17.3 Å². The second-order valence-corrected chi connectivity index (χ2v) is 8.26. The van der Waals surface area contributed by atoms with Crippen LogP contribution in [0.25, 0.3) is 0 Å². The molecule has 1 aliphatic rings. The Kier molecular flexibility index (Phi) is 5.64. The van der Waals surface area contributed by atoms with Gasteiger partial charge in [0.15, 0.2) is 0 Å². The summed E-state index contributed by atoms with van der Waals surface area (Å²) in [6.45, 7) is 5.19. The minimum absolute atomic E-state index is 0.200. The topological polar surface area (TPSA) is 66.9 Å². The molecule has 0 bridgehead atoms. The van der Waals surface area contributed by atoms with E-state index in [1.807, 2.05) is 12.1 Å². The molecule has 0 radical (unpaired) electrons. The van der Waals surface area contributed by atoms with Crippen molar-refractivity contribution in [3.8, 4) is 0 Å². The van der Waals surface area contributed by atoms with Gasteiger partial charge < -0.3 is 9.64 Å². The summed E-state index contributed by atoms with van der Waals surface area (Å²) < 4.78 is 27.3. The van der Waals surface area contributed by atoms with Gasteiger partial charge in [0.2, 0.25) is 0 Å². The minimum atomic E-state index is -2.93. The van der Waals surface area contributed by atoms with Crippen LogP contribution in [-0.4, -0.2) is 70.6 Å². The van der Waals surface area contributed by atoms with E-state index in [-0.39, 0.29) is 17.8 Å². The fourth-order valence-electron chi connectivity index (χ4n) is 2.77. The van der Waals surface area contributed by atoms with Crippen molar-refractivity contribution in [2.45, 2.75) is 13.0 Å². The summed E-state index contributed by atoms with van der Waals surface area (Å²) in [7, 11) is -1.56. The Morgan fingerprint density at radius 2 is 1.91 bits per heavy atom. The number of hydrogen-bond acceptors (Lipinski definition) is 6. The van der Waals surface area contributed by atoms with Crippen LogP contribution < -0.4 is 4.90 Å². The van der Waals surface area contributed by atoms with Crippen LogP contribution >= 0.6 is 0 Å². The minimum Gasteiger partial charge on any atom is -0.465 e. The van der Waals surface area contributed by atoms with Crippen LogP contribution in [0, 0.1) is 0 Å². The number of ether oxygens (including phenoxy) is 1. The van der Waals surface area contributed by atoms with E-state index in [0.717, 1.165) is 25.3 Å². The number of anilines is 1. The first-order chi connectivity index (χ1) is 10.8. The molecule has 0 aliphatic carbocycles. The van der Waals surface area contributed by atoms with E-state index >= 15 is 0 Å². The van der Waals surface area contributed by atoms with Crippen molar-refractivity contribution in [3.05, 3.63) is 29.8 Å². The number of carbonyl (C=O) groups excluding carboxylic acids is 1. The fraction of sp³-hybridized carbons (Fsp3) is 0.562. The lowest BCUT2D eigenvalue weighted by atomic mass is 10.1. The molecular formula is C16H24N2O4S. The lowest BCUT2D eigenvalue weighted by Crippen LogP contribution is -2.53. The summed E-state index contributed by atoms with van der Waals surface area (Å²) in [4.78, 5) is 15.9. The van der Waals surface area contributed by atoms with Crippen LogP contribution in [-0.2, 0) is 14.6 Å². The number of hydrogen-bond donors (Lipinski definition) is 0. The monoisotopic (exact) mass is 340 g/mol. The van der Waals surface area contributed by atoms with Crippen molar-refractivity contribution in [2.75, 3.05) is 50.2 Å². The second kappa shape index (κ2) is 7.31. The van der Waals surface area contributed by atoms with E-state index in [0.29, 0.717) is 12.1 Å². The number of benzene rings is 1. The molecule has 0 unspecified atom stereocenters. The average molecular weight is 340 g/mol. The Morgan fingerprint density at radius 1 is 1.26 bits per heavy atom. The molecule has 1 aromatic carbocycles. The van der Waals surface area contributed by atoms with Gasteiger partial charge in [-0.05, 0) is 31.2 Å². The summed E-state index contributed by atoms with van der Waals surface area (Å²) in [6, 6.07) is 7.66. The largest absolute Gasteiger partial charge is 0.465 e. The molecule has 6 nitrogen and oxygen atoms in total. The maximum atomic E-state index is 11.5. The summed E-state index contributed by atoms with van der Waals surface area (Å²) in [6.07, 6.45) is 1.27. The lowest BCUT2D eigenvalue weighted by Gasteiger charge is -2.41. The van der Waals surface area contributed by atoms with Crippen LogP contribution in [0.4, 0.5) is 5.69 Å². The molecule has 1 aliphatic heterocycles. The van der Waals surface area contributed by atoms with Gasteiger partial charge in [-0.3, -0.25) is 4.90 Å². The quantitative estimate of drug-likeness (QED) is 0.746. The standard InChI is InChI=1S/C16H24N2O4S/c1-13-12-18(9-8-17(13)10-11-23(3,20)21)15-6-4-14(5-7-15)16(19)22-2/h4-7,13H,8-12H2,1-3H3/t13-/m1/s1. The molecule has 7 heteroatoms. The number of piperazine rings is 1. The third-order valence-corrected chi connectivity index (χ3v) is 5.09. The fourth-order valence-corrected chi connectivity index (χ4v) is 3.34. The molecule has 0 amide bonds. The molecule has 23 heavy (non-hydrogen) atoms. The van der Waals surface area contributed by atoms with Crippen molar-refractivity contribution in [1.82, 2.24) is 4.90 Å². The molecule has 0 spiro atoms. The van der Waals surface area contributed by atoms with Gasteiger partial charge in [-0.15, -0.1) is 0 Å². The predicted octanol–water partition coefficient (Wildman–Crippen LogP) is 1.03. The van der Waals surface area contributed by atoms with Crippen LogP contribution in [0.2, 0.25) is 0 Å². The maximum absolute atomic E-state index is 11.5.